The molecule has 9 rings (SSSR count). The van der Waals surface area contributed by atoms with Gasteiger partial charge in [0.15, 0.2) is 34.9 Å². The fraction of sp³-hybridized carbons (Fsp3) is 0. The van der Waals surface area contributed by atoms with Crippen LogP contribution in [0.15, 0.2) is 146 Å². The van der Waals surface area contributed by atoms with E-state index >= 15 is 0 Å². The molecule has 0 amide bonds. The Morgan fingerprint density at radius 2 is 0.792 bits per heavy atom. The maximum atomic E-state index is 9.39. The van der Waals surface area contributed by atoms with Crippen LogP contribution in [0.2, 0.25) is 0 Å². The molecule has 246 valence electrons. The molecule has 0 fully saturated rings. The number of aromatic nitrogens is 6. The molecule has 0 aliphatic rings. The Kier molecular flexibility index (Phi) is 7.94. The predicted octanol–water partition coefficient (Wildman–Crippen LogP) is 10.2. The van der Waals surface area contributed by atoms with E-state index in [1.165, 1.54) is 0 Å². The number of nitrogens with zero attached hydrogens (tertiary/aromatic N) is 8. The predicted molar refractivity (Wildman–Crippen MR) is 208 cm³/mol. The molecule has 6 aromatic carbocycles. The molecule has 0 aliphatic heterocycles. The minimum Gasteiger partial charge on any atom is -0.208 e. The standard InChI is InChI=1S/C44H24N8S/c45-25-27-17-21-31(22-18-27)41-48-42(32-23-19-28(26-46)20-24-32)50-43(49-41)34-14-8-16-36-37(34)33-13-7-15-35(38(33)53-36)44-51-39(29-9-3-1-4-10-29)47-40(52-44)30-11-5-2-6-12-30/h1-24H. The van der Waals surface area contributed by atoms with Gasteiger partial charge in [0.1, 0.15) is 0 Å². The molecule has 0 bridgehead atoms. The number of thiophene rings is 1. The van der Waals surface area contributed by atoms with Gasteiger partial charge in [0.25, 0.3) is 0 Å². The molecule has 0 aliphatic carbocycles. The van der Waals surface area contributed by atoms with E-state index in [1.807, 2.05) is 103 Å². The van der Waals surface area contributed by atoms with Crippen molar-refractivity contribution >= 4 is 31.5 Å². The Bertz CT molecular complexity index is 2760. The molecule has 0 unspecified atom stereocenters. The topological polar surface area (TPSA) is 125 Å². The van der Waals surface area contributed by atoms with Crippen LogP contribution in [0.4, 0.5) is 0 Å². The smallest absolute Gasteiger partial charge is 0.165 e. The second kappa shape index (κ2) is 13.3. The first-order valence-electron chi connectivity index (χ1n) is 16.7. The highest BCUT2D eigenvalue weighted by atomic mass is 32.1. The Morgan fingerprint density at radius 1 is 0.377 bits per heavy atom. The van der Waals surface area contributed by atoms with Crippen LogP contribution in [0.25, 0.3) is 88.5 Å². The molecule has 0 atom stereocenters. The van der Waals surface area contributed by atoms with E-state index in [4.69, 9.17) is 29.9 Å². The number of benzene rings is 6. The van der Waals surface area contributed by atoms with E-state index in [2.05, 4.69) is 30.3 Å². The van der Waals surface area contributed by atoms with Gasteiger partial charge in [0.2, 0.25) is 0 Å². The maximum Gasteiger partial charge on any atom is 0.165 e. The number of fused-ring (bicyclic) bond motifs is 3. The van der Waals surface area contributed by atoms with Crippen LogP contribution < -0.4 is 0 Å². The first kappa shape index (κ1) is 31.5. The fourth-order valence-corrected chi connectivity index (χ4v) is 7.52. The summed E-state index contributed by atoms with van der Waals surface area (Å²) in [5.74, 6) is 3.24. The zero-order valence-electron chi connectivity index (χ0n) is 27.8. The molecule has 0 saturated carbocycles. The van der Waals surface area contributed by atoms with Crippen LogP contribution in [0.5, 0.6) is 0 Å². The molecule has 0 spiro atoms. The third-order valence-electron chi connectivity index (χ3n) is 8.88. The third kappa shape index (κ3) is 5.93. The van der Waals surface area contributed by atoms with Crippen LogP contribution >= 0.6 is 11.3 Å². The quantitative estimate of drug-likeness (QED) is 0.168. The average Bonchev–Trinajstić information content (AvgIpc) is 3.63. The zero-order valence-corrected chi connectivity index (χ0v) is 28.7. The molecule has 3 heterocycles. The Hall–Kier alpha value is -7.46. The van der Waals surface area contributed by atoms with Gasteiger partial charge in [-0.05, 0) is 60.7 Å². The lowest BCUT2D eigenvalue weighted by Crippen LogP contribution is -2.00. The summed E-state index contributed by atoms with van der Waals surface area (Å²) in [5, 5.41) is 20.8. The van der Waals surface area contributed by atoms with Crippen molar-refractivity contribution in [1.82, 2.24) is 29.9 Å². The second-order valence-corrected chi connectivity index (χ2v) is 13.2. The van der Waals surface area contributed by atoms with Crippen LogP contribution in [0, 0.1) is 22.7 Å². The van der Waals surface area contributed by atoms with Gasteiger partial charge in [-0.2, -0.15) is 10.5 Å². The second-order valence-electron chi connectivity index (χ2n) is 12.2. The van der Waals surface area contributed by atoms with Gasteiger partial charge in [0.05, 0.1) is 23.3 Å². The van der Waals surface area contributed by atoms with E-state index in [-0.39, 0.29) is 0 Å². The number of hydrogen-bond donors (Lipinski definition) is 0. The van der Waals surface area contributed by atoms with Gasteiger partial charge < -0.3 is 0 Å². The van der Waals surface area contributed by atoms with Crippen molar-refractivity contribution in [2.75, 3.05) is 0 Å². The number of hydrogen-bond acceptors (Lipinski definition) is 9. The minimum absolute atomic E-state index is 0.475. The zero-order chi connectivity index (χ0) is 35.7. The summed E-state index contributed by atoms with van der Waals surface area (Å²) in [6.07, 6.45) is 0. The molecule has 0 saturated heterocycles. The molecular weight excluding hydrogens is 673 g/mol. The van der Waals surface area contributed by atoms with Crippen molar-refractivity contribution in [2.45, 2.75) is 0 Å². The van der Waals surface area contributed by atoms with Gasteiger partial charge in [-0.15, -0.1) is 11.3 Å². The highest BCUT2D eigenvalue weighted by Crippen LogP contribution is 2.43. The van der Waals surface area contributed by atoms with E-state index in [0.29, 0.717) is 46.1 Å². The molecule has 8 nitrogen and oxygen atoms in total. The van der Waals surface area contributed by atoms with Crippen molar-refractivity contribution in [3.05, 3.63) is 157 Å². The van der Waals surface area contributed by atoms with E-state index < -0.39 is 0 Å². The molecule has 3 aromatic heterocycles. The van der Waals surface area contributed by atoms with E-state index in [0.717, 1.165) is 53.6 Å². The third-order valence-corrected chi connectivity index (χ3v) is 10.1. The molecule has 9 aromatic rings. The Morgan fingerprint density at radius 3 is 1.28 bits per heavy atom. The van der Waals surface area contributed by atoms with Crippen molar-refractivity contribution in [3.8, 4) is 80.5 Å². The first-order chi connectivity index (χ1) is 26.1. The lowest BCUT2D eigenvalue weighted by molar-refractivity contribution is 1.08. The van der Waals surface area contributed by atoms with Crippen LogP contribution in [0.3, 0.4) is 0 Å². The molecular formula is C44H24N8S. The largest absolute Gasteiger partial charge is 0.208 e. The normalized spacial score (nSPS) is 11.0. The van der Waals surface area contributed by atoms with E-state index in [1.54, 1.807) is 35.6 Å². The average molecular weight is 697 g/mol. The van der Waals surface area contributed by atoms with Gasteiger partial charge in [0, 0.05) is 53.6 Å². The van der Waals surface area contributed by atoms with Crippen LogP contribution in [-0.4, -0.2) is 29.9 Å². The molecule has 9 heteroatoms. The monoisotopic (exact) mass is 696 g/mol. The molecule has 53 heavy (non-hydrogen) atoms. The van der Waals surface area contributed by atoms with Crippen LogP contribution in [0.1, 0.15) is 11.1 Å². The van der Waals surface area contributed by atoms with Crippen LogP contribution in [-0.2, 0) is 0 Å². The number of rotatable bonds is 6. The SMILES string of the molecule is N#Cc1ccc(-c2nc(-c3ccc(C#N)cc3)nc(-c3cccc4sc5c(-c6nc(-c7ccccc7)nc(-c7ccccc7)n6)cccc5c34)n2)cc1. The minimum atomic E-state index is 0.475. The lowest BCUT2D eigenvalue weighted by atomic mass is 10.0. The molecule has 0 N–H and O–H groups in total. The molecule has 0 radical (unpaired) electrons. The van der Waals surface area contributed by atoms with Crippen molar-refractivity contribution < 1.29 is 0 Å². The summed E-state index contributed by atoms with van der Waals surface area (Å²) < 4.78 is 2.10. The summed E-state index contributed by atoms with van der Waals surface area (Å²) in [5.41, 5.74) is 6.17. The summed E-state index contributed by atoms with van der Waals surface area (Å²) in [6, 6.07) is 51.0. The first-order valence-corrected chi connectivity index (χ1v) is 17.6. The van der Waals surface area contributed by atoms with E-state index in [9.17, 15) is 10.5 Å². The van der Waals surface area contributed by atoms with Crippen molar-refractivity contribution in [1.29, 1.82) is 10.5 Å². The summed E-state index contributed by atoms with van der Waals surface area (Å²) in [4.78, 5) is 29.8. The van der Waals surface area contributed by atoms with Crippen molar-refractivity contribution in [2.24, 2.45) is 0 Å². The fourth-order valence-electron chi connectivity index (χ4n) is 6.28. The Balaban J connectivity index is 1.25. The summed E-state index contributed by atoms with van der Waals surface area (Å²) in [7, 11) is 0. The van der Waals surface area contributed by atoms with Gasteiger partial charge in [-0.25, -0.2) is 29.9 Å². The highest BCUT2D eigenvalue weighted by Gasteiger charge is 2.20. The maximum absolute atomic E-state index is 9.39. The van der Waals surface area contributed by atoms with Crippen molar-refractivity contribution in [3.63, 3.8) is 0 Å². The van der Waals surface area contributed by atoms with Gasteiger partial charge in [-0.1, -0.05) is 84.9 Å². The highest BCUT2D eigenvalue weighted by molar-refractivity contribution is 7.26. The Labute approximate surface area is 308 Å². The summed E-state index contributed by atoms with van der Waals surface area (Å²) in [6.45, 7) is 0. The van der Waals surface area contributed by atoms with Gasteiger partial charge >= 0.3 is 0 Å². The van der Waals surface area contributed by atoms with Gasteiger partial charge in [-0.3, -0.25) is 0 Å². The lowest BCUT2D eigenvalue weighted by Gasteiger charge is -2.10. The number of nitriles is 2. The summed E-state index contributed by atoms with van der Waals surface area (Å²) >= 11 is 1.67.